The molecule has 1 aliphatic rings. The highest BCUT2D eigenvalue weighted by molar-refractivity contribution is 5.77. The molecule has 0 spiro atoms. The number of hydrogen-bond donors (Lipinski definition) is 1. The summed E-state index contributed by atoms with van der Waals surface area (Å²) in [6.07, 6.45) is 0.899. The highest BCUT2D eigenvalue weighted by Crippen LogP contribution is 2.18. The average molecular weight is 278 g/mol. The maximum Gasteiger partial charge on any atom is 0.260 e. The molecule has 2 rings (SSSR count). The van der Waals surface area contributed by atoms with Crippen LogP contribution in [0.5, 0.6) is 5.75 Å². The molecule has 1 saturated heterocycles. The maximum atomic E-state index is 11.9. The van der Waals surface area contributed by atoms with E-state index in [9.17, 15) is 4.79 Å². The van der Waals surface area contributed by atoms with Crippen LogP contribution in [0.15, 0.2) is 24.3 Å². The Bertz CT molecular complexity index is 427. The second-order valence-corrected chi connectivity index (χ2v) is 4.87. The molecule has 20 heavy (non-hydrogen) atoms. The van der Waals surface area contributed by atoms with Gasteiger partial charge in [-0.2, -0.15) is 0 Å². The zero-order valence-electron chi connectivity index (χ0n) is 11.9. The van der Waals surface area contributed by atoms with Crippen LogP contribution in [0.25, 0.3) is 0 Å². The predicted octanol–water partition coefficient (Wildman–Crippen LogP) is 1.33. The SMILES string of the molecule is CCC(N)c1ccc(OCC(=O)N2CCOCC2)cc1. The third-order valence-electron chi connectivity index (χ3n) is 3.47. The number of rotatable bonds is 5. The summed E-state index contributed by atoms with van der Waals surface area (Å²) >= 11 is 0. The van der Waals surface area contributed by atoms with E-state index >= 15 is 0 Å². The third-order valence-corrected chi connectivity index (χ3v) is 3.47. The highest BCUT2D eigenvalue weighted by atomic mass is 16.5. The second kappa shape index (κ2) is 7.26. The molecule has 110 valence electrons. The van der Waals surface area contributed by atoms with Crippen LogP contribution < -0.4 is 10.5 Å². The average Bonchev–Trinajstić information content (AvgIpc) is 2.53. The van der Waals surface area contributed by atoms with Crippen LogP contribution >= 0.6 is 0 Å². The highest BCUT2D eigenvalue weighted by Gasteiger charge is 2.17. The van der Waals surface area contributed by atoms with E-state index in [1.807, 2.05) is 24.3 Å². The molecule has 1 aliphatic heterocycles. The molecule has 1 heterocycles. The van der Waals surface area contributed by atoms with E-state index in [0.29, 0.717) is 32.1 Å². The molecule has 0 aliphatic carbocycles. The standard InChI is InChI=1S/C15H22N2O3/c1-2-14(16)12-3-5-13(6-4-12)20-11-15(18)17-7-9-19-10-8-17/h3-6,14H,2,7-11,16H2,1H3. The number of carbonyl (C=O) groups is 1. The topological polar surface area (TPSA) is 64.8 Å². The molecule has 0 aromatic heterocycles. The van der Waals surface area contributed by atoms with Crippen LogP contribution in [-0.4, -0.2) is 43.7 Å². The van der Waals surface area contributed by atoms with E-state index in [-0.39, 0.29) is 18.6 Å². The van der Waals surface area contributed by atoms with Gasteiger partial charge >= 0.3 is 0 Å². The van der Waals surface area contributed by atoms with E-state index in [0.717, 1.165) is 12.0 Å². The summed E-state index contributed by atoms with van der Waals surface area (Å²) in [5.41, 5.74) is 7.03. The Labute approximate surface area is 119 Å². The lowest BCUT2D eigenvalue weighted by atomic mass is 10.1. The fourth-order valence-electron chi connectivity index (χ4n) is 2.10. The van der Waals surface area contributed by atoms with Crippen LogP contribution in [0.4, 0.5) is 0 Å². The Balaban J connectivity index is 1.82. The molecule has 1 aromatic rings. The molecule has 1 unspecified atom stereocenters. The fourth-order valence-corrected chi connectivity index (χ4v) is 2.10. The molecule has 5 nitrogen and oxygen atoms in total. The zero-order valence-corrected chi connectivity index (χ0v) is 11.9. The lowest BCUT2D eigenvalue weighted by Crippen LogP contribution is -2.42. The van der Waals surface area contributed by atoms with Crippen molar-refractivity contribution in [1.82, 2.24) is 4.90 Å². The van der Waals surface area contributed by atoms with Gasteiger partial charge in [-0.3, -0.25) is 4.79 Å². The van der Waals surface area contributed by atoms with Gasteiger partial charge in [-0.05, 0) is 24.1 Å². The number of hydrogen-bond acceptors (Lipinski definition) is 4. The van der Waals surface area contributed by atoms with Crippen molar-refractivity contribution in [2.24, 2.45) is 5.73 Å². The summed E-state index contributed by atoms with van der Waals surface area (Å²) < 4.78 is 10.7. The third kappa shape index (κ3) is 3.95. The summed E-state index contributed by atoms with van der Waals surface area (Å²) in [7, 11) is 0. The Morgan fingerprint density at radius 2 is 2.00 bits per heavy atom. The van der Waals surface area contributed by atoms with Crippen molar-refractivity contribution in [2.75, 3.05) is 32.9 Å². The number of nitrogens with zero attached hydrogens (tertiary/aromatic N) is 1. The zero-order chi connectivity index (χ0) is 14.4. The van der Waals surface area contributed by atoms with Crippen molar-refractivity contribution in [3.63, 3.8) is 0 Å². The van der Waals surface area contributed by atoms with E-state index < -0.39 is 0 Å². The lowest BCUT2D eigenvalue weighted by Gasteiger charge is -2.26. The van der Waals surface area contributed by atoms with Crippen LogP contribution in [0.2, 0.25) is 0 Å². The van der Waals surface area contributed by atoms with Gasteiger partial charge in [0.25, 0.3) is 5.91 Å². The van der Waals surface area contributed by atoms with Gasteiger partial charge in [0, 0.05) is 19.1 Å². The molecule has 2 N–H and O–H groups in total. The Hall–Kier alpha value is -1.59. The van der Waals surface area contributed by atoms with Crippen molar-refractivity contribution >= 4 is 5.91 Å². The monoisotopic (exact) mass is 278 g/mol. The summed E-state index contributed by atoms with van der Waals surface area (Å²) in [6, 6.07) is 7.67. The molecule has 0 bridgehead atoms. The predicted molar refractivity (Wildman–Crippen MR) is 76.6 cm³/mol. The molecule has 1 fully saturated rings. The molecule has 1 aromatic carbocycles. The van der Waals surface area contributed by atoms with Gasteiger partial charge in [-0.15, -0.1) is 0 Å². The Kier molecular flexibility index (Phi) is 5.38. The van der Waals surface area contributed by atoms with E-state index in [1.165, 1.54) is 0 Å². The summed E-state index contributed by atoms with van der Waals surface area (Å²) in [5, 5.41) is 0. The first kappa shape index (κ1) is 14.8. The first-order valence-electron chi connectivity index (χ1n) is 7.04. The summed E-state index contributed by atoms with van der Waals surface area (Å²) in [4.78, 5) is 13.7. The van der Waals surface area contributed by atoms with Crippen LogP contribution in [0, 0.1) is 0 Å². The molecule has 1 amide bonds. The van der Waals surface area contributed by atoms with Gasteiger partial charge in [0.2, 0.25) is 0 Å². The Morgan fingerprint density at radius 1 is 1.35 bits per heavy atom. The lowest BCUT2D eigenvalue weighted by molar-refractivity contribution is -0.137. The molecular weight excluding hydrogens is 256 g/mol. The first-order valence-corrected chi connectivity index (χ1v) is 7.04. The molecule has 0 saturated carbocycles. The van der Waals surface area contributed by atoms with Gasteiger partial charge in [0.15, 0.2) is 6.61 Å². The molecule has 0 radical (unpaired) electrons. The van der Waals surface area contributed by atoms with E-state index in [2.05, 4.69) is 6.92 Å². The quantitative estimate of drug-likeness (QED) is 0.882. The van der Waals surface area contributed by atoms with Crippen molar-refractivity contribution in [3.05, 3.63) is 29.8 Å². The molecular formula is C15H22N2O3. The summed E-state index contributed by atoms with van der Waals surface area (Å²) in [6.45, 7) is 4.62. The largest absolute Gasteiger partial charge is 0.484 e. The molecule has 5 heteroatoms. The number of nitrogens with two attached hydrogens (primary N) is 1. The van der Waals surface area contributed by atoms with Crippen LogP contribution in [0.3, 0.4) is 0 Å². The van der Waals surface area contributed by atoms with Gasteiger partial charge < -0.3 is 20.1 Å². The number of benzene rings is 1. The Morgan fingerprint density at radius 3 is 2.60 bits per heavy atom. The summed E-state index contributed by atoms with van der Waals surface area (Å²) in [5.74, 6) is 0.696. The van der Waals surface area contributed by atoms with Crippen molar-refractivity contribution in [3.8, 4) is 5.75 Å². The first-order chi connectivity index (χ1) is 9.70. The van der Waals surface area contributed by atoms with Gasteiger partial charge in [0.05, 0.1) is 13.2 Å². The normalized spacial score (nSPS) is 16.8. The fraction of sp³-hybridized carbons (Fsp3) is 0.533. The van der Waals surface area contributed by atoms with Crippen LogP contribution in [-0.2, 0) is 9.53 Å². The van der Waals surface area contributed by atoms with Crippen molar-refractivity contribution in [1.29, 1.82) is 0 Å². The van der Waals surface area contributed by atoms with Crippen LogP contribution in [0.1, 0.15) is 24.9 Å². The van der Waals surface area contributed by atoms with Crippen molar-refractivity contribution in [2.45, 2.75) is 19.4 Å². The minimum Gasteiger partial charge on any atom is -0.484 e. The number of carbonyl (C=O) groups excluding carboxylic acids is 1. The number of morpholine rings is 1. The minimum absolute atomic E-state index is 0.00244. The van der Waals surface area contributed by atoms with Gasteiger partial charge in [0.1, 0.15) is 5.75 Å². The van der Waals surface area contributed by atoms with Crippen molar-refractivity contribution < 1.29 is 14.3 Å². The number of ether oxygens (including phenoxy) is 2. The van der Waals surface area contributed by atoms with Gasteiger partial charge in [-0.1, -0.05) is 19.1 Å². The minimum atomic E-state index is 0.00244. The van der Waals surface area contributed by atoms with E-state index in [1.54, 1.807) is 4.90 Å². The second-order valence-electron chi connectivity index (χ2n) is 4.87. The number of amides is 1. The maximum absolute atomic E-state index is 11.9. The van der Waals surface area contributed by atoms with Gasteiger partial charge in [-0.25, -0.2) is 0 Å². The van der Waals surface area contributed by atoms with E-state index in [4.69, 9.17) is 15.2 Å². The smallest absolute Gasteiger partial charge is 0.260 e. The molecule has 1 atom stereocenters.